The second kappa shape index (κ2) is 4.07. The Morgan fingerprint density at radius 2 is 2.45 bits per heavy atom. The van der Waals surface area contributed by atoms with Crippen LogP contribution in [-0.4, -0.2) is 30.5 Å². The first kappa shape index (κ1) is 9.00. The van der Waals surface area contributed by atoms with Crippen LogP contribution in [0.15, 0.2) is 0 Å². The third kappa shape index (κ3) is 2.17. The zero-order valence-electron chi connectivity index (χ0n) is 6.47. The van der Waals surface area contributed by atoms with Gasteiger partial charge in [0, 0.05) is 7.11 Å². The highest BCUT2D eigenvalue weighted by atomic mass is 79.9. The smallest absolute Gasteiger partial charge is 0.230 e. The van der Waals surface area contributed by atoms with E-state index in [1.165, 1.54) is 0 Å². The molecule has 3 nitrogen and oxygen atoms in total. The molecule has 0 radical (unpaired) electrons. The third-order valence-corrected chi connectivity index (χ3v) is 2.49. The summed E-state index contributed by atoms with van der Waals surface area (Å²) in [5.74, 6) is 0.0387. The predicted octanol–water partition coefficient (Wildman–Crippen LogP) is 0.675. The van der Waals surface area contributed by atoms with E-state index in [9.17, 15) is 4.79 Å². The molecule has 0 heterocycles. The molecule has 1 rings (SSSR count). The molecule has 64 valence electrons. The molecule has 0 aromatic carbocycles. The van der Waals surface area contributed by atoms with Crippen LogP contribution in [0.25, 0.3) is 0 Å². The summed E-state index contributed by atoms with van der Waals surface area (Å²) in [5.41, 5.74) is 0. The Morgan fingerprint density at radius 3 is 2.82 bits per heavy atom. The first-order chi connectivity index (χ1) is 5.27. The molecule has 2 atom stereocenters. The average molecular weight is 222 g/mol. The van der Waals surface area contributed by atoms with E-state index in [0.717, 1.165) is 12.8 Å². The fraction of sp³-hybridized carbons (Fsp3) is 0.857. The van der Waals surface area contributed by atoms with Crippen LogP contribution in [-0.2, 0) is 9.53 Å². The summed E-state index contributed by atoms with van der Waals surface area (Å²) >= 11 is 3.09. The largest absolute Gasteiger partial charge is 0.379 e. The predicted molar refractivity (Wildman–Crippen MR) is 45.8 cm³/mol. The third-order valence-electron chi connectivity index (χ3n) is 1.98. The summed E-state index contributed by atoms with van der Waals surface area (Å²) in [6.45, 7) is 0. The van der Waals surface area contributed by atoms with Gasteiger partial charge in [-0.1, -0.05) is 15.9 Å². The number of rotatable bonds is 3. The van der Waals surface area contributed by atoms with Gasteiger partial charge < -0.3 is 10.1 Å². The van der Waals surface area contributed by atoms with Crippen LogP contribution in [0.3, 0.4) is 0 Å². The summed E-state index contributed by atoms with van der Waals surface area (Å²) in [5, 5.41) is 3.23. The molecule has 0 aromatic heterocycles. The highest BCUT2D eigenvalue weighted by Crippen LogP contribution is 2.22. The Balaban J connectivity index is 2.21. The Kier molecular flexibility index (Phi) is 3.33. The highest BCUT2D eigenvalue weighted by molar-refractivity contribution is 9.09. The lowest BCUT2D eigenvalue weighted by molar-refractivity contribution is -0.121. The van der Waals surface area contributed by atoms with Crippen molar-refractivity contribution in [2.24, 2.45) is 0 Å². The molecule has 1 fully saturated rings. The van der Waals surface area contributed by atoms with Crippen molar-refractivity contribution < 1.29 is 9.53 Å². The topological polar surface area (TPSA) is 38.3 Å². The van der Waals surface area contributed by atoms with Gasteiger partial charge in [-0.25, -0.2) is 0 Å². The first-order valence-corrected chi connectivity index (χ1v) is 4.78. The zero-order valence-corrected chi connectivity index (χ0v) is 8.06. The van der Waals surface area contributed by atoms with Crippen LogP contribution in [0.2, 0.25) is 0 Å². The van der Waals surface area contributed by atoms with Crippen LogP contribution in [0.4, 0.5) is 0 Å². The minimum Gasteiger partial charge on any atom is -0.379 e. The molecule has 0 bridgehead atoms. The molecule has 0 saturated heterocycles. The molecule has 0 spiro atoms. The lowest BCUT2D eigenvalue weighted by Gasteiger charge is -2.35. The number of carbonyl (C=O) groups is 1. The van der Waals surface area contributed by atoms with E-state index in [-0.39, 0.29) is 18.1 Å². The van der Waals surface area contributed by atoms with Gasteiger partial charge in [-0.15, -0.1) is 0 Å². The van der Waals surface area contributed by atoms with Crippen LogP contribution in [0.5, 0.6) is 0 Å². The number of hydrogen-bond donors (Lipinski definition) is 1. The van der Waals surface area contributed by atoms with E-state index in [0.29, 0.717) is 5.33 Å². The zero-order chi connectivity index (χ0) is 8.27. The SMILES string of the molecule is COC1CCC1NC(=O)CBr. The van der Waals surface area contributed by atoms with E-state index in [2.05, 4.69) is 21.2 Å². The van der Waals surface area contributed by atoms with Crippen molar-refractivity contribution in [3.8, 4) is 0 Å². The molecule has 0 aromatic rings. The maximum atomic E-state index is 10.9. The van der Waals surface area contributed by atoms with Gasteiger partial charge in [-0.2, -0.15) is 0 Å². The molecule has 2 unspecified atom stereocenters. The lowest BCUT2D eigenvalue weighted by Crippen LogP contribution is -2.51. The van der Waals surface area contributed by atoms with E-state index in [1.54, 1.807) is 7.11 Å². The summed E-state index contributed by atoms with van der Waals surface area (Å²) in [4.78, 5) is 10.9. The monoisotopic (exact) mass is 221 g/mol. The summed E-state index contributed by atoms with van der Waals surface area (Å²) in [6.07, 6.45) is 2.33. The molecule has 4 heteroatoms. The van der Waals surface area contributed by atoms with Gasteiger partial charge in [0.25, 0.3) is 0 Å². The van der Waals surface area contributed by atoms with Crippen LogP contribution in [0.1, 0.15) is 12.8 Å². The number of ether oxygens (including phenoxy) is 1. The molecule has 11 heavy (non-hydrogen) atoms. The van der Waals surface area contributed by atoms with Gasteiger partial charge in [0.2, 0.25) is 5.91 Å². The number of halogens is 1. The van der Waals surface area contributed by atoms with Crippen molar-refractivity contribution in [3.63, 3.8) is 0 Å². The molecule has 1 aliphatic carbocycles. The number of hydrogen-bond acceptors (Lipinski definition) is 2. The second-order valence-corrected chi connectivity index (χ2v) is 3.22. The summed E-state index contributed by atoms with van der Waals surface area (Å²) in [6, 6.07) is 0.241. The minimum absolute atomic E-state index is 0.0387. The maximum Gasteiger partial charge on any atom is 0.230 e. The van der Waals surface area contributed by atoms with Crippen molar-refractivity contribution in [3.05, 3.63) is 0 Å². The Hall–Kier alpha value is -0.0900. The second-order valence-electron chi connectivity index (χ2n) is 2.66. The molecular weight excluding hydrogens is 210 g/mol. The van der Waals surface area contributed by atoms with Crippen molar-refractivity contribution >= 4 is 21.8 Å². The molecule has 0 aliphatic heterocycles. The van der Waals surface area contributed by atoms with Crippen LogP contribution >= 0.6 is 15.9 Å². The fourth-order valence-electron chi connectivity index (χ4n) is 1.16. The van der Waals surface area contributed by atoms with E-state index in [4.69, 9.17) is 4.74 Å². The van der Waals surface area contributed by atoms with Crippen molar-refractivity contribution in [1.82, 2.24) is 5.32 Å². The van der Waals surface area contributed by atoms with Gasteiger partial charge in [-0.3, -0.25) is 4.79 Å². The van der Waals surface area contributed by atoms with Crippen molar-refractivity contribution in [2.45, 2.75) is 25.0 Å². The quantitative estimate of drug-likeness (QED) is 0.713. The fourth-order valence-corrected chi connectivity index (χ4v) is 1.32. The highest BCUT2D eigenvalue weighted by Gasteiger charge is 2.31. The molecule has 1 aliphatic rings. The number of nitrogens with one attached hydrogen (secondary N) is 1. The standard InChI is InChI=1S/C7H12BrNO2/c1-11-6-3-2-5(6)9-7(10)4-8/h5-6H,2-4H2,1H3,(H,9,10). The summed E-state index contributed by atoms with van der Waals surface area (Å²) < 4.78 is 5.11. The van der Waals surface area contributed by atoms with E-state index in [1.807, 2.05) is 0 Å². The molecule has 1 saturated carbocycles. The maximum absolute atomic E-state index is 10.9. The Bertz CT molecular complexity index is 149. The summed E-state index contributed by atoms with van der Waals surface area (Å²) in [7, 11) is 1.68. The van der Waals surface area contributed by atoms with Crippen LogP contribution in [0, 0.1) is 0 Å². The van der Waals surface area contributed by atoms with Gasteiger partial charge >= 0.3 is 0 Å². The molecule has 1 amide bonds. The van der Waals surface area contributed by atoms with Gasteiger partial charge in [0.1, 0.15) is 0 Å². The lowest BCUT2D eigenvalue weighted by atomic mass is 9.89. The van der Waals surface area contributed by atoms with Gasteiger partial charge in [0.05, 0.1) is 17.5 Å². The normalized spacial score (nSPS) is 29.3. The van der Waals surface area contributed by atoms with E-state index < -0.39 is 0 Å². The van der Waals surface area contributed by atoms with Gasteiger partial charge in [0.15, 0.2) is 0 Å². The van der Waals surface area contributed by atoms with E-state index >= 15 is 0 Å². The number of amides is 1. The Morgan fingerprint density at radius 1 is 1.73 bits per heavy atom. The van der Waals surface area contributed by atoms with Crippen molar-refractivity contribution in [2.75, 3.05) is 12.4 Å². The number of carbonyl (C=O) groups excluding carboxylic acids is 1. The number of alkyl halides is 1. The van der Waals surface area contributed by atoms with Gasteiger partial charge in [-0.05, 0) is 12.8 Å². The number of methoxy groups -OCH3 is 1. The molecular formula is C7H12BrNO2. The van der Waals surface area contributed by atoms with Crippen LogP contribution < -0.4 is 5.32 Å². The minimum atomic E-state index is 0.0387. The average Bonchev–Trinajstić information content (AvgIpc) is 1.98. The van der Waals surface area contributed by atoms with Crippen molar-refractivity contribution in [1.29, 1.82) is 0 Å². The molecule has 1 N–H and O–H groups in total. The first-order valence-electron chi connectivity index (χ1n) is 3.66. The Labute approximate surface area is 74.6 Å².